The van der Waals surface area contributed by atoms with Gasteiger partial charge < -0.3 is 85.5 Å². The van der Waals surface area contributed by atoms with E-state index in [1.807, 2.05) is 13.8 Å². The quantitative estimate of drug-likeness (QED) is 0.0157. The van der Waals surface area contributed by atoms with Crippen LogP contribution in [-0.2, 0) is 68.8 Å². The van der Waals surface area contributed by atoms with E-state index in [-0.39, 0.29) is 94.3 Å². The van der Waals surface area contributed by atoms with E-state index < -0.39 is 120 Å². The van der Waals surface area contributed by atoms with Gasteiger partial charge >= 0.3 is 5.97 Å². The van der Waals surface area contributed by atoms with E-state index in [4.69, 9.17) is 22.6 Å². The molecule has 26 nitrogen and oxygen atoms in total. The zero-order valence-electron chi connectivity index (χ0n) is 50.1. The lowest BCUT2D eigenvalue weighted by Crippen LogP contribution is -2.61. The van der Waals surface area contributed by atoms with E-state index in [9.17, 15) is 63.6 Å². The van der Waals surface area contributed by atoms with Crippen LogP contribution in [0.4, 0.5) is 0 Å². The molecule has 4 aromatic carbocycles. The first-order valence-electron chi connectivity index (χ1n) is 29.3. The van der Waals surface area contributed by atoms with Crippen molar-refractivity contribution in [1.29, 1.82) is 5.41 Å². The Morgan fingerprint density at radius 2 is 0.830 bits per heavy atom. The number of phenolic OH excluding ortho intramolecular Hbond substituents is 2. The number of carbonyl (C=O) groups is 9. The summed E-state index contributed by atoms with van der Waals surface area (Å²) in [6, 6.07) is 16.9. The number of aliphatic hydroxyl groups excluding tert-OH is 1. The standard InChI is InChI=1S/C62H87N13O13/c1-36(2)30-47(70-53(79)44(64)31-40-20-24-42(77)25-21-40)56(82)71-48(32-38-14-7-5-8-15-38)58(84)72-49(33-39-16-9-6-10-17-39)59(85)73-50(34-41-22-26-43(78)27-23-41)57(83)69-46(19-13-29-67-62(65)66)54(80)68-45(18-11-12-28-63)55(81)74-51(35-76)60(86)75-52(37(3)4)61(87)88/h5-10,14-17,20-27,36-37,44-52,76-78H,11-13,18-19,28-35,63-64H2,1-4H3,(H,68,80)(H,69,83)(H,70,79)(H,71,82)(H,72,84)(H,73,85)(H,74,81)(H,75,86)(H,87,88)(H4,65,66,67)/t44-,45-,46-,47-,48-,49-,50-,51-,52-/m0/s1. The zero-order chi connectivity index (χ0) is 64.9. The van der Waals surface area contributed by atoms with Crippen molar-refractivity contribution in [3.63, 3.8) is 0 Å². The van der Waals surface area contributed by atoms with Gasteiger partial charge in [0.1, 0.15) is 59.8 Å². The molecule has 26 heteroatoms. The van der Waals surface area contributed by atoms with Gasteiger partial charge in [-0.1, -0.05) is 113 Å². The number of hydrogen-bond donors (Lipinski definition) is 17. The van der Waals surface area contributed by atoms with Gasteiger partial charge in [-0.05, 0) is 110 Å². The van der Waals surface area contributed by atoms with E-state index in [0.29, 0.717) is 28.7 Å². The lowest BCUT2D eigenvalue weighted by molar-refractivity contribution is -0.144. The van der Waals surface area contributed by atoms with Gasteiger partial charge in [0.15, 0.2) is 5.96 Å². The minimum absolute atomic E-state index is 0.0337. The molecule has 88 heavy (non-hydrogen) atoms. The number of guanidine groups is 1. The number of unbranched alkanes of at least 4 members (excludes halogenated alkanes) is 1. The maximum Gasteiger partial charge on any atom is 0.326 e. The van der Waals surface area contributed by atoms with Crippen LogP contribution in [0.2, 0.25) is 0 Å². The second-order valence-electron chi connectivity index (χ2n) is 22.3. The van der Waals surface area contributed by atoms with Crippen LogP contribution < -0.4 is 65.1 Å². The van der Waals surface area contributed by atoms with Crippen molar-refractivity contribution >= 4 is 59.2 Å². The summed E-state index contributed by atoms with van der Waals surface area (Å²) in [6.45, 7) is 6.13. The van der Waals surface area contributed by atoms with Crippen LogP contribution in [0, 0.1) is 17.2 Å². The highest BCUT2D eigenvalue weighted by Gasteiger charge is 2.36. The van der Waals surface area contributed by atoms with Crippen molar-refractivity contribution in [2.75, 3.05) is 19.7 Å². The number of amides is 8. The summed E-state index contributed by atoms with van der Waals surface area (Å²) in [6.07, 6.45) is 0.401. The third kappa shape index (κ3) is 25.1. The third-order valence-corrected chi connectivity index (χ3v) is 14.2. The van der Waals surface area contributed by atoms with Crippen LogP contribution in [0.5, 0.6) is 11.5 Å². The summed E-state index contributed by atoms with van der Waals surface area (Å²) in [5.74, 6) is -9.26. The normalized spacial score (nSPS) is 14.2. The Kier molecular flexibility index (Phi) is 29.8. The van der Waals surface area contributed by atoms with Crippen molar-refractivity contribution in [3.05, 3.63) is 131 Å². The summed E-state index contributed by atoms with van der Waals surface area (Å²) in [5, 5.41) is 71.2. The molecule has 0 unspecified atom stereocenters. The predicted molar refractivity (Wildman–Crippen MR) is 328 cm³/mol. The number of benzene rings is 4. The molecule has 0 aliphatic rings. The number of phenols is 2. The number of aliphatic hydroxyl groups is 1. The fraction of sp³-hybridized carbons (Fsp3) is 0.452. The first kappa shape index (κ1) is 71.3. The van der Waals surface area contributed by atoms with E-state index in [2.05, 4.69) is 47.9 Å². The first-order valence-corrected chi connectivity index (χ1v) is 29.3. The second-order valence-corrected chi connectivity index (χ2v) is 22.3. The number of carboxylic acids is 1. The van der Waals surface area contributed by atoms with Crippen molar-refractivity contribution in [2.24, 2.45) is 29.0 Å². The van der Waals surface area contributed by atoms with Crippen LogP contribution in [0.25, 0.3) is 0 Å². The number of hydrogen-bond acceptors (Lipinski definition) is 15. The van der Waals surface area contributed by atoms with Crippen LogP contribution in [-0.4, -0.2) is 154 Å². The fourth-order valence-electron chi connectivity index (χ4n) is 9.31. The molecule has 0 heterocycles. The summed E-state index contributed by atoms with van der Waals surface area (Å²) in [5.41, 5.74) is 19.9. The average Bonchev–Trinajstić information content (AvgIpc) is 3.53. The molecule has 0 fully saturated rings. The average molecular weight is 1220 g/mol. The molecule has 0 radical (unpaired) electrons. The van der Waals surface area contributed by atoms with Crippen LogP contribution in [0.3, 0.4) is 0 Å². The molecule has 20 N–H and O–H groups in total. The Morgan fingerprint density at radius 3 is 1.23 bits per heavy atom. The van der Waals surface area contributed by atoms with Crippen LogP contribution >= 0.6 is 0 Å². The van der Waals surface area contributed by atoms with Gasteiger partial charge in [-0.25, -0.2) is 4.79 Å². The number of nitrogens with two attached hydrogens (primary N) is 3. The molecule has 0 saturated carbocycles. The minimum Gasteiger partial charge on any atom is -0.508 e. The third-order valence-electron chi connectivity index (χ3n) is 14.2. The van der Waals surface area contributed by atoms with Gasteiger partial charge in [0, 0.05) is 25.8 Å². The highest BCUT2D eigenvalue weighted by atomic mass is 16.4. The van der Waals surface area contributed by atoms with Gasteiger partial charge in [-0.2, -0.15) is 0 Å². The summed E-state index contributed by atoms with van der Waals surface area (Å²) < 4.78 is 0. The molecule has 4 aromatic rings. The fourth-order valence-corrected chi connectivity index (χ4v) is 9.31. The Hall–Kier alpha value is -9.14. The SMILES string of the molecule is CC(C)C[C@H](NC(=O)[C@@H](N)Cc1ccc(O)cc1)C(=O)N[C@@H](Cc1ccccc1)C(=O)N[C@@H](Cc1ccccc1)C(=O)N[C@@H](Cc1ccc(O)cc1)C(=O)N[C@@H](CCCNC(=N)N)C(=O)N[C@@H](CCCCN)C(=O)N[C@@H](CO)C(=O)N[C@H](C(=O)O)C(C)C. The molecule has 8 amide bonds. The highest BCUT2D eigenvalue weighted by molar-refractivity contribution is 5.98. The summed E-state index contributed by atoms with van der Waals surface area (Å²) >= 11 is 0. The monoisotopic (exact) mass is 1220 g/mol. The Labute approximate surface area is 512 Å². The Morgan fingerprint density at radius 1 is 0.466 bits per heavy atom. The lowest BCUT2D eigenvalue weighted by atomic mass is 9.99. The van der Waals surface area contributed by atoms with Crippen molar-refractivity contribution in [2.45, 2.75) is 146 Å². The highest BCUT2D eigenvalue weighted by Crippen LogP contribution is 2.16. The number of rotatable bonds is 37. The second kappa shape index (κ2) is 36.8. The lowest BCUT2D eigenvalue weighted by Gasteiger charge is -2.28. The smallest absolute Gasteiger partial charge is 0.326 e. The maximum absolute atomic E-state index is 15.0. The number of carbonyl (C=O) groups excluding carboxylic acids is 8. The van der Waals surface area contributed by atoms with E-state index in [0.717, 1.165) is 0 Å². The molecule has 4 rings (SSSR count). The summed E-state index contributed by atoms with van der Waals surface area (Å²) in [7, 11) is 0. The van der Waals surface area contributed by atoms with E-state index >= 15 is 0 Å². The molecular formula is C62H87N13O13. The molecule has 0 saturated heterocycles. The van der Waals surface area contributed by atoms with Gasteiger partial charge in [0.2, 0.25) is 47.3 Å². The van der Waals surface area contributed by atoms with Gasteiger partial charge in [-0.3, -0.25) is 43.8 Å². The van der Waals surface area contributed by atoms with Crippen molar-refractivity contribution in [1.82, 2.24) is 47.9 Å². The Balaban J connectivity index is 1.69. The summed E-state index contributed by atoms with van der Waals surface area (Å²) in [4.78, 5) is 126. The van der Waals surface area contributed by atoms with Gasteiger partial charge in [-0.15, -0.1) is 0 Å². The molecular weight excluding hydrogens is 1130 g/mol. The molecule has 9 atom stereocenters. The van der Waals surface area contributed by atoms with Crippen LogP contribution in [0.15, 0.2) is 109 Å². The molecule has 0 aliphatic heterocycles. The predicted octanol–water partition coefficient (Wildman–Crippen LogP) is -0.255. The van der Waals surface area contributed by atoms with Crippen LogP contribution in [0.1, 0.15) is 88.5 Å². The number of nitrogens with one attached hydrogen (secondary N) is 10. The van der Waals surface area contributed by atoms with Crippen molar-refractivity contribution in [3.8, 4) is 11.5 Å². The van der Waals surface area contributed by atoms with E-state index in [1.54, 1.807) is 86.6 Å². The minimum atomic E-state index is -1.64. The molecule has 0 aromatic heterocycles. The first-order chi connectivity index (χ1) is 41.9. The number of aromatic hydroxyl groups is 2. The van der Waals surface area contributed by atoms with Gasteiger partial charge in [0.05, 0.1) is 12.6 Å². The molecule has 0 aliphatic carbocycles. The zero-order valence-corrected chi connectivity index (χ0v) is 50.1. The Bertz CT molecular complexity index is 2920. The van der Waals surface area contributed by atoms with Gasteiger partial charge in [0.25, 0.3) is 0 Å². The molecule has 0 bridgehead atoms. The van der Waals surface area contributed by atoms with E-state index in [1.165, 1.54) is 36.4 Å². The van der Waals surface area contributed by atoms with Crippen molar-refractivity contribution < 1.29 is 63.6 Å². The number of carboxylic acid groups (broad SMARTS) is 1. The topological polar surface area (TPSA) is 445 Å². The number of aliphatic carboxylic acids is 1. The maximum atomic E-state index is 15.0. The molecule has 0 spiro atoms. The molecule has 478 valence electrons. The largest absolute Gasteiger partial charge is 0.508 e.